The molecule has 8 heteroatoms. The van der Waals surface area contributed by atoms with Gasteiger partial charge in [0.05, 0.1) is 24.5 Å². The first-order chi connectivity index (χ1) is 12.1. The molecule has 2 rings (SSSR count). The third-order valence-corrected chi connectivity index (χ3v) is 3.96. The molecule has 0 amide bonds. The van der Waals surface area contributed by atoms with Crippen molar-refractivity contribution in [3.63, 3.8) is 0 Å². The normalized spacial score (nSPS) is 16.4. The third-order valence-electron chi connectivity index (χ3n) is 3.45. The van der Waals surface area contributed by atoms with Crippen LogP contribution in [-0.2, 0) is 4.74 Å². The van der Waals surface area contributed by atoms with Crippen molar-refractivity contribution in [2.75, 3.05) is 26.9 Å². The summed E-state index contributed by atoms with van der Waals surface area (Å²) in [4.78, 5) is 0. The highest BCUT2D eigenvalue weighted by molar-refractivity contribution is 7.80. The van der Waals surface area contributed by atoms with E-state index in [9.17, 15) is 0 Å². The molecule has 6 nitrogen and oxygen atoms in total. The van der Waals surface area contributed by atoms with E-state index in [1.165, 1.54) is 7.11 Å². The van der Waals surface area contributed by atoms with Crippen LogP contribution >= 0.6 is 23.8 Å². The van der Waals surface area contributed by atoms with Gasteiger partial charge in [-0.15, -0.1) is 6.42 Å². The van der Waals surface area contributed by atoms with E-state index < -0.39 is 0 Å². The molecule has 0 saturated carbocycles. The molecular formula is C17H20ClN3O3S. The lowest BCUT2D eigenvalue weighted by molar-refractivity contribution is 0.114. The second-order valence-electron chi connectivity index (χ2n) is 5.24. The zero-order valence-electron chi connectivity index (χ0n) is 13.9. The lowest BCUT2D eigenvalue weighted by Gasteiger charge is -2.12. The van der Waals surface area contributed by atoms with Crippen LogP contribution in [0.5, 0.6) is 11.5 Å². The van der Waals surface area contributed by atoms with Gasteiger partial charge < -0.3 is 19.5 Å². The number of halogens is 1. The van der Waals surface area contributed by atoms with E-state index in [2.05, 4.69) is 21.8 Å². The van der Waals surface area contributed by atoms with Gasteiger partial charge in [-0.2, -0.15) is 5.10 Å². The van der Waals surface area contributed by atoms with E-state index in [1.807, 2.05) is 0 Å². The zero-order valence-corrected chi connectivity index (χ0v) is 15.5. The zero-order chi connectivity index (χ0) is 18.1. The Morgan fingerprint density at radius 1 is 1.60 bits per heavy atom. The Labute approximate surface area is 157 Å². The van der Waals surface area contributed by atoms with E-state index in [1.54, 1.807) is 18.3 Å². The van der Waals surface area contributed by atoms with Crippen LogP contribution < -0.4 is 20.2 Å². The highest BCUT2D eigenvalue weighted by Gasteiger charge is 2.15. The maximum absolute atomic E-state index is 6.21. The fraction of sp³-hybridized carbons (Fsp3) is 0.412. The topological polar surface area (TPSA) is 64.1 Å². The molecule has 0 unspecified atom stereocenters. The summed E-state index contributed by atoms with van der Waals surface area (Å²) in [7, 11) is 1.53. The van der Waals surface area contributed by atoms with Gasteiger partial charge in [-0.3, -0.25) is 5.43 Å². The quantitative estimate of drug-likeness (QED) is 0.327. The smallest absolute Gasteiger partial charge is 0.187 e. The summed E-state index contributed by atoms with van der Waals surface area (Å²) in [6.45, 7) is 1.59. The highest BCUT2D eigenvalue weighted by atomic mass is 35.5. The van der Waals surface area contributed by atoms with Gasteiger partial charge >= 0.3 is 0 Å². The van der Waals surface area contributed by atoms with Gasteiger partial charge in [0.15, 0.2) is 16.6 Å². The molecule has 1 fully saturated rings. The summed E-state index contributed by atoms with van der Waals surface area (Å²) in [5, 5.41) is 7.97. The third kappa shape index (κ3) is 6.09. The SMILES string of the molecule is C#CCOc1c(Cl)cc(/C=N\NC(=S)NC[C@@H]2CCCO2)cc1OC. The predicted molar refractivity (Wildman–Crippen MR) is 103 cm³/mol. The van der Waals surface area contributed by atoms with Crippen LogP contribution in [0.4, 0.5) is 0 Å². The van der Waals surface area contributed by atoms with Gasteiger partial charge in [0, 0.05) is 13.2 Å². The number of hydrazone groups is 1. The molecule has 0 bridgehead atoms. The van der Waals surface area contributed by atoms with Crippen molar-refractivity contribution in [2.45, 2.75) is 18.9 Å². The number of hydrogen-bond acceptors (Lipinski definition) is 5. The Morgan fingerprint density at radius 3 is 3.12 bits per heavy atom. The van der Waals surface area contributed by atoms with E-state index in [4.69, 9.17) is 44.5 Å². The molecular weight excluding hydrogens is 362 g/mol. The summed E-state index contributed by atoms with van der Waals surface area (Å²) in [5.74, 6) is 3.26. The Balaban J connectivity index is 1.90. The molecule has 0 radical (unpaired) electrons. The van der Waals surface area contributed by atoms with Crippen molar-refractivity contribution < 1.29 is 14.2 Å². The molecule has 1 saturated heterocycles. The minimum atomic E-state index is 0.107. The second kappa shape index (κ2) is 10.1. The monoisotopic (exact) mass is 381 g/mol. The number of thiocarbonyl (C=S) groups is 1. The summed E-state index contributed by atoms with van der Waals surface area (Å²) in [6, 6.07) is 3.44. The molecule has 0 aliphatic carbocycles. The molecule has 1 atom stereocenters. The van der Waals surface area contributed by atoms with E-state index in [0.29, 0.717) is 28.2 Å². The first-order valence-electron chi connectivity index (χ1n) is 7.76. The van der Waals surface area contributed by atoms with Crippen molar-refractivity contribution in [2.24, 2.45) is 5.10 Å². The van der Waals surface area contributed by atoms with Crippen molar-refractivity contribution in [1.29, 1.82) is 0 Å². The molecule has 2 N–H and O–H groups in total. The molecule has 0 spiro atoms. The van der Waals surface area contributed by atoms with E-state index in [-0.39, 0.29) is 12.7 Å². The number of benzene rings is 1. The molecule has 0 aromatic heterocycles. The standard InChI is InChI=1S/C17H20ClN3O3S/c1-3-6-24-16-14(18)8-12(9-15(16)22-2)10-20-21-17(25)19-11-13-5-4-7-23-13/h1,8-10,13H,4-7,11H2,2H3,(H2,19,21,25)/b20-10-/t13-/m0/s1. The Hall–Kier alpha value is -2.01. The first kappa shape index (κ1) is 19.3. The minimum absolute atomic E-state index is 0.107. The molecule has 25 heavy (non-hydrogen) atoms. The van der Waals surface area contributed by atoms with Gasteiger partial charge in [0.2, 0.25) is 0 Å². The van der Waals surface area contributed by atoms with Gasteiger partial charge in [-0.05, 0) is 42.8 Å². The molecule has 1 aromatic carbocycles. The second-order valence-corrected chi connectivity index (χ2v) is 6.06. The number of rotatable bonds is 7. The summed E-state index contributed by atoms with van der Waals surface area (Å²) in [5.41, 5.74) is 3.48. The van der Waals surface area contributed by atoms with Crippen LogP contribution in [0.1, 0.15) is 18.4 Å². The van der Waals surface area contributed by atoms with Crippen molar-refractivity contribution in [1.82, 2.24) is 10.7 Å². The van der Waals surface area contributed by atoms with Crippen LogP contribution in [-0.4, -0.2) is 44.3 Å². The summed E-state index contributed by atoms with van der Waals surface area (Å²) in [6.07, 6.45) is 9.12. The average molecular weight is 382 g/mol. The maximum atomic E-state index is 6.21. The molecule has 1 aliphatic rings. The number of hydrogen-bond donors (Lipinski definition) is 2. The number of methoxy groups -OCH3 is 1. The van der Waals surface area contributed by atoms with E-state index >= 15 is 0 Å². The molecule has 1 aromatic rings. The minimum Gasteiger partial charge on any atom is -0.493 e. The van der Waals surface area contributed by atoms with Crippen LogP contribution in [0.3, 0.4) is 0 Å². The first-order valence-corrected chi connectivity index (χ1v) is 8.55. The van der Waals surface area contributed by atoms with Gasteiger partial charge in [0.1, 0.15) is 6.61 Å². The van der Waals surface area contributed by atoms with Crippen LogP contribution in [0.2, 0.25) is 5.02 Å². The molecule has 134 valence electrons. The number of terminal acetylenes is 1. The van der Waals surface area contributed by atoms with Crippen LogP contribution in [0.25, 0.3) is 0 Å². The van der Waals surface area contributed by atoms with Gasteiger partial charge in [0.25, 0.3) is 0 Å². The molecule has 1 heterocycles. The van der Waals surface area contributed by atoms with Crippen molar-refractivity contribution in [3.05, 3.63) is 22.7 Å². The van der Waals surface area contributed by atoms with Crippen LogP contribution in [0.15, 0.2) is 17.2 Å². The number of nitrogens with zero attached hydrogens (tertiary/aromatic N) is 1. The Kier molecular flexibility index (Phi) is 7.79. The van der Waals surface area contributed by atoms with Crippen molar-refractivity contribution in [3.8, 4) is 23.8 Å². The highest BCUT2D eigenvalue weighted by Crippen LogP contribution is 2.35. The number of ether oxygens (including phenoxy) is 3. The van der Waals surface area contributed by atoms with Gasteiger partial charge in [-0.25, -0.2) is 0 Å². The van der Waals surface area contributed by atoms with Crippen LogP contribution in [0, 0.1) is 12.3 Å². The Bertz CT molecular complexity index is 670. The maximum Gasteiger partial charge on any atom is 0.187 e. The summed E-state index contributed by atoms with van der Waals surface area (Å²) < 4.78 is 16.2. The average Bonchev–Trinajstić information content (AvgIpc) is 3.12. The van der Waals surface area contributed by atoms with Crippen molar-refractivity contribution >= 4 is 35.1 Å². The predicted octanol–water partition coefficient (Wildman–Crippen LogP) is 2.34. The fourth-order valence-electron chi connectivity index (χ4n) is 2.29. The summed E-state index contributed by atoms with van der Waals surface area (Å²) >= 11 is 11.4. The lowest BCUT2D eigenvalue weighted by atomic mass is 10.2. The largest absolute Gasteiger partial charge is 0.493 e. The lowest BCUT2D eigenvalue weighted by Crippen LogP contribution is -2.37. The van der Waals surface area contributed by atoms with Gasteiger partial charge in [-0.1, -0.05) is 17.5 Å². The fourth-order valence-corrected chi connectivity index (χ4v) is 2.69. The number of nitrogens with one attached hydrogen (secondary N) is 2. The Morgan fingerprint density at radius 2 is 2.44 bits per heavy atom. The van der Waals surface area contributed by atoms with E-state index in [0.717, 1.165) is 25.0 Å². The molecule has 1 aliphatic heterocycles.